The number of hydrogen-bond donors (Lipinski definition) is 0. The fraction of sp³-hybridized carbons (Fsp3) is 0.929. The minimum atomic E-state index is 0.0170. The van der Waals surface area contributed by atoms with Gasteiger partial charge in [-0.15, -0.1) is 0 Å². The first-order valence-corrected chi connectivity index (χ1v) is 6.24. The van der Waals surface area contributed by atoms with Gasteiger partial charge in [0.25, 0.3) is 0 Å². The van der Waals surface area contributed by atoms with Gasteiger partial charge in [0.15, 0.2) is 0 Å². The summed E-state index contributed by atoms with van der Waals surface area (Å²) < 4.78 is 0. The van der Waals surface area contributed by atoms with Crippen LogP contribution in [0.4, 0.5) is 0 Å². The van der Waals surface area contributed by atoms with Crippen LogP contribution in [-0.2, 0) is 4.79 Å². The summed E-state index contributed by atoms with van der Waals surface area (Å²) in [5.74, 6) is 2.43. The molecule has 5 saturated carbocycles. The zero-order valence-electron chi connectivity index (χ0n) is 10.6. The van der Waals surface area contributed by atoms with Gasteiger partial charge in [-0.1, -0.05) is 34.6 Å². The first kappa shape index (κ1) is 9.86. The number of carbonyl (C=O) groups is 1. The Kier molecular flexibility index (Phi) is 1.44. The summed E-state index contributed by atoms with van der Waals surface area (Å²) in [4.78, 5) is 12.4. The average Bonchev–Trinajstić information content (AvgIpc) is 2.04. The van der Waals surface area contributed by atoms with Crippen LogP contribution in [0.2, 0.25) is 0 Å². The summed E-state index contributed by atoms with van der Waals surface area (Å²) in [7, 11) is 0. The van der Waals surface area contributed by atoms with Gasteiger partial charge < -0.3 is 0 Å². The molecule has 0 radical (unpaired) electrons. The first-order chi connectivity index (χ1) is 6.70. The molecule has 5 rings (SSSR count). The van der Waals surface area contributed by atoms with E-state index in [1.165, 1.54) is 0 Å². The van der Waals surface area contributed by atoms with Crippen LogP contribution in [0.1, 0.15) is 47.5 Å². The second kappa shape index (κ2) is 2.19. The predicted octanol–water partition coefficient (Wildman–Crippen LogP) is 3.28. The molecule has 84 valence electrons. The Bertz CT molecular complexity index is 352. The smallest absolute Gasteiger partial charge is 0.142 e. The number of rotatable bonds is 0. The highest BCUT2D eigenvalue weighted by Gasteiger charge is 2.74. The average molecular weight is 206 g/mol. The molecule has 0 aromatic rings. The zero-order valence-corrected chi connectivity index (χ0v) is 10.6. The molecule has 0 spiro atoms. The van der Waals surface area contributed by atoms with Crippen molar-refractivity contribution in [3.63, 3.8) is 0 Å². The van der Waals surface area contributed by atoms with Crippen LogP contribution >= 0.6 is 0 Å². The number of Topliss-reactive ketones (excluding diaryl/α,β-unsaturated/α-hetero) is 1. The van der Waals surface area contributed by atoms with Crippen LogP contribution in [0.3, 0.4) is 0 Å². The van der Waals surface area contributed by atoms with Gasteiger partial charge in [0.1, 0.15) is 5.78 Å². The van der Waals surface area contributed by atoms with E-state index in [-0.39, 0.29) is 5.41 Å². The molecule has 15 heavy (non-hydrogen) atoms. The van der Waals surface area contributed by atoms with Gasteiger partial charge in [0.2, 0.25) is 0 Å². The Labute approximate surface area is 92.6 Å². The maximum Gasteiger partial charge on any atom is 0.142 e. The van der Waals surface area contributed by atoms with E-state index in [1.54, 1.807) is 0 Å². The highest BCUT2D eigenvalue weighted by atomic mass is 16.1. The van der Waals surface area contributed by atoms with Crippen LogP contribution < -0.4 is 0 Å². The molecular weight excluding hydrogens is 184 g/mol. The molecule has 0 amide bonds. The molecule has 0 heterocycles. The van der Waals surface area contributed by atoms with Gasteiger partial charge in [-0.3, -0.25) is 4.79 Å². The fourth-order valence-corrected chi connectivity index (χ4v) is 5.40. The molecule has 0 N–H and O–H groups in total. The Morgan fingerprint density at radius 2 is 1.73 bits per heavy atom. The molecule has 1 nitrogen and oxygen atoms in total. The maximum atomic E-state index is 12.4. The third-order valence-corrected chi connectivity index (χ3v) is 5.85. The van der Waals surface area contributed by atoms with Crippen LogP contribution in [0.15, 0.2) is 0 Å². The van der Waals surface area contributed by atoms with E-state index in [1.807, 2.05) is 0 Å². The quantitative estimate of drug-likeness (QED) is 0.594. The molecule has 4 bridgehead atoms. The molecule has 4 atom stereocenters. The highest BCUT2D eigenvalue weighted by molar-refractivity contribution is 5.91. The van der Waals surface area contributed by atoms with E-state index in [0.717, 1.165) is 18.8 Å². The number of carbonyl (C=O) groups excluding carboxylic acids is 1. The van der Waals surface area contributed by atoms with E-state index in [4.69, 9.17) is 0 Å². The lowest BCUT2D eigenvalue weighted by Gasteiger charge is -2.74. The Balaban J connectivity index is 2.11. The second-order valence-electron chi connectivity index (χ2n) is 7.73. The summed E-state index contributed by atoms with van der Waals surface area (Å²) in [5, 5.41) is 0. The van der Waals surface area contributed by atoms with Crippen molar-refractivity contribution in [2.24, 2.45) is 34.0 Å². The first-order valence-electron chi connectivity index (χ1n) is 6.24. The van der Waals surface area contributed by atoms with Gasteiger partial charge in [-0.2, -0.15) is 0 Å². The van der Waals surface area contributed by atoms with E-state index in [0.29, 0.717) is 28.4 Å². The third-order valence-electron chi connectivity index (χ3n) is 5.85. The van der Waals surface area contributed by atoms with E-state index in [9.17, 15) is 4.79 Å². The van der Waals surface area contributed by atoms with Gasteiger partial charge in [-0.25, -0.2) is 0 Å². The molecule has 0 aromatic carbocycles. The molecule has 0 aliphatic heterocycles. The van der Waals surface area contributed by atoms with Gasteiger partial charge in [-0.05, 0) is 35.5 Å². The maximum absolute atomic E-state index is 12.4. The standard InChI is InChI=1S/C14H22O/c1-12(2)7-14(5)6-8-9(12)10(11(14)15)13(8,3)4/h8-10H,6-7H2,1-5H3. The number of ketones is 1. The minimum absolute atomic E-state index is 0.0170. The Morgan fingerprint density at radius 1 is 1.13 bits per heavy atom. The molecule has 4 unspecified atom stereocenters. The Morgan fingerprint density at radius 3 is 2.27 bits per heavy atom. The second-order valence-corrected chi connectivity index (χ2v) is 7.73. The van der Waals surface area contributed by atoms with Crippen molar-refractivity contribution in [1.82, 2.24) is 0 Å². The number of hydrogen-bond acceptors (Lipinski definition) is 1. The minimum Gasteiger partial charge on any atom is -0.299 e. The SMILES string of the molecule is CC12CC3C(C(C1=O)C3(C)C)C(C)(C)C2. The van der Waals surface area contributed by atoms with Crippen molar-refractivity contribution in [2.75, 3.05) is 0 Å². The summed E-state index contributed by atoms with van der Waals surface area (Å²) in [6, 6.07) is 0. The van der Waals surface area contributed by atoms with Gasteiger partial charge >= 0.3 is 0 Å². The molecule has 0 saturated heterocycles. The summed E-state index contributed by atoms with van der Waals surface area (Å²) in [6.07, 6.45) is 2.27. The molecule has 5 aliphatic carbocycles. The van der Waals surface area contributed by atoms with Crippen LogP contribution in [0.5, 0.6) is 0 Å². The van der Waals surface area contributed by atoms with E-state index >= 15 is 0 Å². The summed E-state index contributed by atoms with van der Waals surface area (Å²) in [6.45, 7) is 11.6. The summed E-state index contributed by atoms with van der Waals surface area (Å²) in [5.41, 5.74) is 0.702. The third kappa shape index (κ3) is 0.855. The van der Waals surface area contributed by atoms with Crippen molar-refractivity contribution in [3.8, 4) is 0 Å². The zero-order chi connectivity index (χ0) is 11.2. The van der Waals surface area contributed by atoms with Crippen molar-refractivity contribution >= 4 is 5.78 Å². The largest absolute Gasteiger partial charge is 0.299 e. The van der Waals surface area contributed by atoms with E-state index in [2.05, 4.69) is 34.6 Å². The monoisotopic (exact) mass is 206 g/mol. The Hall–Kier alpha value is -0.330. The normalized spacial score (nSPS) is 53.9. The van der Waals surface area contributed by atoms with Crippen molar-refractivity contribution in [3.05, 3.63) is 0 Å². The van der Waals surface area contributed by atoms with Gasteiger partial charge in [0.05, 0.1) is 0 Å². The molecule has 0 aromatic heterocycles. The van der Waals surface area contributed by atoms with Crippen LogP contribution in [0.25, 0.3) is 0 Å². The molecular formula is C14H22O. The number of fused-ring (bicyclic) bond motifs is 1. The van der Waals surface area contributed by atoms with Crippen molar-refractivity contribution < 1.29 is 4.79 Å². The van der Waals surface area contributed by atoms with Crippen LogP contribution in [-0.4, -0.2) is 5.78 Å². The van der Waals surface area contributed by atoms with E-state index < -0.39 is 0 Å². The topological polar surface area (TPSA) is 17.1 Å². The lowest BCUT2D eigenvalue weighted by atomic mass is 9.29. The highest BCUT2D eigenvalue weighted by Crippen LogP contribution is 2.75. The van der Waals surface area contributed by atoms with Crippen LogP contribution in [0, 0.1) is 34.0 Å². The lowest BCUT2D eigenvalue weighted by Crippen LogP contribution is -2.73. The molecule has 5 aliphatic rings. The van der Waals surface area contributed by atoms with Gasteiger partial charge in [0, 0.05) is 11.3 Å². The molecule has 5 fully saturated rings. The van der Waals surface area contributed by atoms with Crippen molar-refractivity contribution in [1.29, 1.82) is 0 Å². The summed E-state index contributed by atoms with van der Waals surface area (Å²) >= 11 is 0. The fourth-order valence-electron chi connectivity index (χ4n) is 5.40. The lowest BCUT2D eigenvalue weighted by molar-refractivity contribution is -0.246. The van der Waals surface area contributed by atoms with Crippen molar-refractivity contribution in [2.45, 2.75) is 47.5 Å². The molecule has 1 heteroatoms. The predicted molar refractivity (Wildman–Crippen MR) is 60.4 cm³/mol.